The molecule has 0 bridgehead atoms. The maximum absolute atomic E-state index is 12.7. The summed E-state index contributed by atoms with van der Waals surface area (Å²) in [6.45, 7) is 0.546. The van der Waals surface area contributed by atoms with Crippen LogP contribution in [0, 0.1) is 11.6 Å². The summed E-state index contributed by atoms with van der Waals surface area (Å²) in [6, 6.07) is 12.2. The highest BCUT2D eigenvalue weighted by atomic mass is 19.1. The third-order valence-electron chi connectivity index (χ3n) is 3.15. The van der Waals surface area contributed by atoms with Crippen molar-refractivity contribution in [3.8, 4) is 0 Å². The number of halogens is 2. The lowest BCUT2D eigenvalue weighted by atomic mass is 10.1. The van der Waals surface area contributed by atoms with E-state index in [1.165, 1.54) is 30.3 Å². The molecular weight excluding hydrogens is 284 g/mol. The zero-order chi connectivity index (χ0) is 15.8. The summed E-state index contributed by atoms with van der Waals surface area (Å²) in [4.78, 5) is 11.6. The Morgan fingerprint density at radius 3 is 2.18 bits per heavy atom. The van der Waals surface area contributed by atoms with Crippen LogP contribution in [0.5, 0.6) is 0 Å². The Morgan fingerprint density at radius 1 is 0.955 bits per heavy atom. The Balaban J connectivity index is 1.69. The highest BCUT2D eigenvalue weighted by Crippen LogP contribution is 2.05. The van der Waals surface area contributed by atoms with Crippen LogP contribution in [0.2, 0.25) is 0 Å². The average molecular weight is 301 g/mol. The molecule has 0 aliphatic heterocycles. The Kier molecular flexibility index (Phi) is 5.83. The van der Waals surface area contributed by atoms with E-state index < -0.39 is 0 Å². The summed E-state index contributed by atoms with van der Waals surface area (Å²) in [6.07, 6.45) is 4.61. The molecule has 0 unspecified atom stereocenters. The average Bonchev–Trinajstić information content (AvgIpc) is 2.53. The molecule has 4 heteroatoms. The first-order valence-electron chi connectivity index (χ1n) is 7.09. The maximum Gasteiger partial charge on any atom is 0.243 e. The first-order chi connectivity index (χ1) is 10.6. The van der Waals surface area contributed by atoms with Gasteiger partial charge < -0.3 is 5.32 Å². The van der Waals surface area contributed by atoms with Crippen LogP contribution < -0.4 is 5.32 Å². The highest BCUT2D eigenvalue weighted by Gasteiger charge is 1.97. The minimum absolute atomic E-state index is 0.191. The summed E-state index contributed by atoms with van der Waals surface area (Å²) in [7, 11) is 0. The molecule has 0 aromatic heterocycles. The molecule has 0 aliphatic rings. The van der Waals surface area contributed by atoms with E-state index in [0.717, 1.165) is 24.0 Å². The third kappa shape index (κ3) is 5.48. The van der Waals surface area contributed by atoms with Gasteiger partial charge in [0.2, 0.25) is 5.91 Å². The number of hydrogen-bond donors (Lipinski definition) is 1. The summed E-state index contributed by atoms with van der Waals surface area (Å²) < 4.78 is 25.5. The molecule has 2 rings (SSSR count). The van der Waals surface area contributed by atoms with Crippen LogP contribution in [-0.2, 0) is 11.2 Å². The predicted molar refractivity (Wildman–Crippen MR) is 83.2 cm³/mol. The van der Waals surface area contributed by atoms with E-state index >= 15 is 0 Å². The van der Waals surface area contributed by atoms with Gasteiger partial charge in [-0.15, -0.1) is 0 Å². The summed E-state index contributed by atoms with van der Waals surface area (Å²) >= 11 is 0. The van der Waals surface area contributed by atoms with Gasteiger partial charge in [-0.25, -0.2) is 8.78 Å². The van der Waals surface area contributed by atoms with Gasteiger partial charge in [-0.3, -0.25) is 4.79 Å². The van der Waals surface area contributed by atoms with Gasteiger partial charge >= 0.3 is 0 Å². The maximum atomic E-state index is 12.7. The molecule has 2 aromatic carbocycles. The molecule has 2 nitrogen and oxygen atoms in total. The molecule has 0 saturated heterocycles. The van der Waals surface area contributed by atoms with Crippen molar-refractivity contribution in [3.63, 3.8) is 0 Å². The number of carbonyl (C=O) groups is 1. The molecule has 0 fully saturated rings. The van der Waals surface area contributed by atoms with Crippen molar-refractivity contribution in [2.45, 2.75) is 12.8 Å². The largest absolute Gasteiger partial charge is 0.353 e. The predicted octanol–water partition coefficient (Wildman–Crippen LogP) is 3.73. The fourth-order valence-corrected chi connectivity index (χ4v) is 1.96. The van der Waals surface area contributed by atoms with Gasteiger partial charge in [0.1, 0.15) is 11.6 Å². The molecule has 0 aliphatic carbocycles. The fraction of sp³-hybridized carbons (Fsp3) is 0.167. The van der Waals surface area contributed by atoms with E-state index in [1.807, 2.05) is 0 Å². The minimum Gasteiger partial charge on any atom is -0.353 e. The van der Waals surface area contributed by atoms with Crippen LogP contribution in [0.3, 0.4) is 0 Å². The number of hydrogen-bond acceptors (Lipinski definition) is 1. The van der Waals surface area contributed by atoms with Gasteiger partial charge in [-0.2, -0.15) is 0 Å². The lowest BCUT2D eigenvalue weighted by Crippen LogP contribution is -2.22. The van der Waals surface area contributed by atoms with Crippen molar-refractivity contribution in [1.29, 1.82) is 0 Å². The molecule has 0 saturated carbocycles. The zero-order valence-electron chi connectivity index (χ0n) is 12.1. The van der Waals surface area contributed by atoms with Crippen molar-refractivity contribution < 1.29 is 13.6 Å². The first kappa shape index (κ1) is 15.9. The molecule has 0 heterocycles. The number of nitrogens with one attached hydrogen (secondary N) is 1. The van der Waals surface area contributed by atoms with E-state index in [2.05, 4.69) is 5.32 Å². The second-order valence-electron chi connectivity index (χ2n) is 4.91. The van der Waals surface area contributed by atoms with Crippen molar-refractivity contribution in [2.24, 2.45) is 0 Å². The third-order valence-corrected chi connectivity index (χ3v) is 3.15. The zero-order valence-corrected chi connectivity index (χ0v) is 12.1. The summed E-state index contributed by atoms with van der Waals surface area (Å²) in [5.41, 5.74) is 1.81. The number of aryl methyl sites for hydroxylation is 1. The van der Waals surface area contributed by atoms with E-state index in [0.29, 0.717) is 6.54 Å². The molecule has 1 amide bonds. The molecule has 2 aromatic rings. The molecule has 0 radical (unpaired) electrons. The molecule has 22 heavy (non-hydrogen) atoms. The second-order valence-corrected chi connectivity index (χ2v) is 4.91. The van der Waals surface area contributed by atoms with Crippen molar-refractivity contribution >= 4 is 12.0 Å². The number of amides is 1. The van der Waals surface area contributed by atoms with Crippen molar-refractivity contribution in [1.82, 2.24) is 5.32 Å². The van der Waals surface area contributed by atoms with Gasteiger partial charge in [0.15, 0.2) is 0 Å². The van der Waals surface area contributed by atoms with Gasteiger partial charge in [0, 0.05) is 12.6 Å². The van der Waals surface area contributed by atoms with E-state index in [-0.39, 0.29) is 17.5 Å². The van der Waals surface area contributed by atoms with Crippen LogP contribution in [0.15, 0.2) is 54.6 Å². The summed E-state index contributed by atoms with van der Waals surface area (Å²) in [5.74, 6) is -0.742. The number of rotatable bonds is 6. The van der Waals surface area contributed by atoms with Crippen LogP contribution in [0.1, 0.15) is 17.5 Å². The highest BCUT2D eigenvalue weighted by molar-refractivity contribution is 5.91. The van der Waals surface area contributed by atoms with Gasteiger partial charge in [0.25, 0.3) is 0 Å². The molecule has 0 spiro atoms. The fourth-order valence-electron chi connectivity index (χ4n) is 1.96. The number of benzene rings is 2. The van der Waals surface area contributed by atoms with Crippen molar-refractivity contribution in [3.05, 3.63) is 77.4 Å². The van der Waals surface area contributed by atoms with Crippen molar-refractivity contribution in [2.75, 3.05) is 6.54 Å². The second kappa shape index (κ2) is 8.08. The van der Waals surface area contributed by atoms with E-state index in [9.17, 15) is 13.6 Å². The Hall–Kier alpha value is -2.49. The van der Waals surface area contributed by atoms with Crippen LogP contribution >= 0.6 is 0 Å². The lowest BCUT2D eigenvalue weighted by Gasteiger charge is -2.03. The SMILES string of the molecule is O=C(/C=C/c1ccc(F)cc1)NCCCc1ccc(F)cc1. The first-order valence-corrected chi connectivity index (χ1v) is 7.09. The Bertz CT molecular complexity index is 633. The standard InChI is InChI=1S/C18H17F2NO/c19-16-8-3-14(4-9-16)2-1-13-21-18(22)12-7-15-5-10-17(20)11-6-15/h3-12H,1-2,13H2,(H,21,22)/b12-7+. The topological polar surface area (TPSA) is 29.1 Å². The van der Waals surface area contributed by atoms with Crippen LogP contribution in [0.25, 0.3) is 6.08 Å². The van der Waals surface area contributed by atoms with Crippen LogP contribution in [0.4, 0.5) is 8.78 Å². The Morgan fingerprint density at radius 2 is 1.55 bits per heavy atom. The van der Waals surface area contributed by atoms with Gasteiger partial charge in [-0.05, 0) is 54.3 Å². The smallest absolute Gasteiger partial charge is 0.243 e. The van der Waals surface area contributed by atoms with Crippen LogP contribution in [-0.4, -0.2) is 12.5 Å². The Labute approximate surface area is 128 Å². The van der Waals surface area contributed by atoms with E-state index in [1.54, 1.807) is 30.3 Å². The normalized spacial score (nSPS) is 10.8. The molecule has 0 atom stereocenters. The quantitative estimate of drug-likeness (QED) is 0.639. The molecule has 1 N–H and O–H groups in total. The lowest BCUT2D eigenvalue weighted by molar-refractivity contribution is -0.116. The molecule has 114 valence electrons. The van der Waals surface area contributed by atoms with Gasteiger partial charge in [-0.1, -0.05) is 24.3 Å². The molecular formula is C18H17F2NO. The minimum atomic E-state index is -0.303. The monoisotopic (exact) mass is 301 g/mol. The van der Waals surface area contributed by atoms with E-state index in [4.69, 9.17) is 0 Å². The summed E-state index contributed by atoms with van der Waals surface area (Å²) in [5, 5.41) is 2.77. The van der Waals surface area contributed by atoms with Gasteiger partial charge in [0.05, 0.1) is 0 Å². The number of carbonyl (C=O) groups excluding carboxylic acids is 1.